The van der Waals surface area contributed by atoms with Gasteiger partial charge in [-0.1, -0.05) is 18.2 Å². The Bertz CT molecular complexity index is 670. The second kappa shape index (κ2) is 7.67. The van der Waals surface area contributed by atoms with Crippen molar-refractivity contribution in [3.8, 4) is 0 Å². The number of benzene rings is 1. The summed E-state index contributed by atoms with van der Waals surface area (Å²) in [6.07, 6.45) is 0. The zero-order valence-electron chi connectivity index (χ0n) is 12.4. The first-order valence-corrected chi connectivity index (χ1v) is 7.55. The van der Waals surface area contributed by atoms with Gasteiger partial charge in [0.2, 0.25) is 0 Å². The van der Waals surface area contributed by atoms with Gasteiger partial charge >= 0.3 is 11.8 Å². The molecule has 0 saturated heterocycles. The number of aromatic nitrogens is 1. The van der Waals surface area contributed by atoms with E-state index in [9.17, 15) is 9.59 Å². The molecular formula is C15H17N3O3S. The second-order valence-corrected chi connectivity index (χ2v) is 5.55. The Hall–Kier alpha value is -2.25. The van der Waals surface area contributed by atoms with E-state index in [4.69, 9.17) is 4.74 Å². The number of anilines is 1. The van der Waals surface area contributed by atoms with Gasteiger partial charge in [-0.3, -0.25) is 9.59 Å². The minimum Gasteiger partial charge on any atom is -0.380 e. The summed E-state index contributed by atoms with van der Waals surface area (Å²) >= 11 is 1.44. The molecule has 7 heteroatoms. The first-order chi connectivity index (χ1) is 10.6. The highest BCUT2D eigenvalue weighted by Crippen LogP contribution is 2.15. The molecule has 0 radical (unpaired) electrons. The van der Waals surface area contributed by atoms with Crippen molar-refractivity contribution < 1.29 is 14.3 Å². The van der Waals surface area contributed by atoms with E-state index in [1.165, 1.54) is 11.3 Å². The molecule has 0 aliphatic heterocycles. The number of aryl methyl sites for hydroxylation is 1. The lowest BCUT2D eigenvalue weighted by atomic mass is 10.2. The van der Waals surface area contributed by atoms with E-state index < -0.39 is 11.8 Å². The number of ether oxygens (including phenoxy) is 1. The lowest BCUT2D eigenvalue weighted by Gasteiger charge is -2.10. The van der Waals surface area contributed by atoms with Crippen LogP contribution >= 0.6 is 11.3 Å². The van der Waals surface area contributed by atoms with E-state index in [-0.39, 0.29) is 6.54 Å². The molecule has 0 atom stereocenters. The van der Waals surface area contributed by atoms with Crippen molar-refractivity contribution >= 4 is 28.8 Å². The summed E-state index contributed by atoms with van der Waals surface area (Å²) in [7, 11) is 1.57. The van der Waals surface area contributed by atoms with Crippen LogP contribution in [0.25, 0.3) is 0 Å². The van der Waals surface area contributed by atoms with Gasteiger partial charge in [0.15, 0.2) is 0 Å². The molecule has 1 aromatic heterocycles. The molecule has 0 saturated carbocycles. The highest BCUT2D eigenvalue weighted by atomic mass is 32.1. The second-order valence-electron chi connectivity index (χ2n) is 4.61. The van der Waals surface area contributed by atoms with Gasteiger partial charge < -0.3 is 15.4 Å². The maximum absolute atomic E-state index is 11.9. The van der Waals surface area contributed by atoms with Crippen LogP contribution in [0.3, 0.4) is 0 Å². The molecule has 1 aromatic carbocycles. The number of methoxy groups -OCH3 is 1. The molecule has 0 spiro atoms. The predicted molar refractivity (Wildman–Crippen MR) is 84.5 cm³/mol. The Kier molecular flexibility index (Phi) is 5.62. The number of carbonyl (C=O) groups is 2. The number of hydrogen-bond acceptors (Lipinski definition) is 5. The van der Waals surface area contributed by atoms with Gasteiger partial charge in [0.1, 0.15) is 5.01 Å². The number of rotatable bonds is 5. The van der Waals surface area contributed by atoms with Gasteiger partial charge in [0.25, 0.3) is 0 Å². The van der Waals surface area contributed by atoms with Gasteiger partial charge in [-0.2, -0.15) is 0 Å². The average Bonchev–Trinajstić information content (AvgIpc) is 2.92. The fourth-order valence-electron chi connectivity index (χ4n) is 1.82. The summed E-state index contributed by atoms with van der Waals surface area (Å²) in [5.41, 5.74) is 2.27. The average molecular weight is 319 g/mol. The molecule has 2 aromatic rings. The van der Waals surface area contributed by atoms with Crippen LogP contribution in [0.1, 0.15) is 16.3 Å². The highest BCUT2D eigenvalue weighted by Gasteiger charge is 2.15. The summed E-state index contributed by atoms with van der Waals surface area (Å²) in [6.45, 7) is 2.47. The Balaban J connectivity index is 1.92. The Labute approximate surface area is 132 Å². The van der Waals surface area contributed by atoms with Crippen LogP contribution in [-0.2, 0) is 27.5 Å². The monoisotopic (exact) mass is 319 g/mol. The highest BCUT2D eigenvalue weighted by molar-refractivity contribution is 7.09. The van der Waals surface area contributed by atoms with Crippen LogP contribution in [0.15, 0.2) is 29.6 Å². The molecule has 2 rings (SSSR count). The van der Waals surface area contributed by atoms with E-state index in [2.05, 4.69) is 15.6 Å². The molecule has 2 N–H and O–H groups in total. The van der Waals surface area contributed by atoms with Crippen molar-refractivity contribution in [2.75, 3.05) is 12.4 Å². The first-order valence-electron chi connectivity index (χ1n) is 6.67. The molecule has 6 nitrogen and oxygen atoms in total. The molecule has 116 valence electrons. The van der Waals surface area contributed by atoms with E-state index >= 15 is 0 Å². The maximum atomic E-state index is 11.9. The fraction of sp³-hybridized carbons (Fsp3) is 0.267. The summed E-state index contributed by atoms with van der Waals surface area (Å²) < 4.78 is 5.06. The third kappa shape index (κ3) is 4.37. The van der Waals surface area contributed by atoms with E-state index in [0.29, 0.717) is 12.3 Å². The van der Waals surface area contributed by atoms with Gasteiger partial charge in [-0.05, 0) is 13.0 Å². The summed E-state index contributed by atoms with van der Waals surface area (Å²) in [5.74, 6) is -1.41. The molecule has 0 fully saturated rings. The molecule has 0 unspecified atom stereocenters. The zero-order chi connectivity index (χ0) is 15.9. The summed E-state index contributed by atoms with van der Waals surface area (Å²) in [4.78, 5) is 28.0. The van der Waals surface area contributed by atoms with Crippen molar-refractivity contribution in [2.45, 2.75) is 20.1 Å². The van der Waals surface area contributed by atoms with Gasteiger partial charge in [-0.25, -0.2) is 4.98 Å². The number of hydrogen-bond donors (Lipinski definition) is 2. The van der Waals surface area contributed by atoms with Gasteiger partial charge in [0.05, 0.1) is 13.2 Å². The molecule has 0 aliphatic rings. The van der Waals surface area contributed by atoms with Gasteiger partial charge in [0, 0.05) is 29.4 Å². The van der Waals surface area contributed by atoms with Crippen LogP contribution in [0.4, 0.5) is 5.69 Å². The quantitative estimate of drug-likeness (QED) is 0.824. The normalized spacial score (nSPS) is 10.3. The van der Waals surface area contributed by atoms with Crippen molar-refractivity contribution in [3.63, 3.8) is 0 Å². The Morgan fingerprint density at radius 3 is 2.73 bits per heavy atom. The van der Waals surface area contributed by atoms with Crippen LogP contribution in [0, 0.1) is 6.92 Å². The number of para-hydroxylation sites is 1. The van der Waals surface area contributed by atoms with Crippen molar-refractivity contribution in [1.82, 2.24) is 10.3 Å². The molecule has 2 amide bonds. The molecular weight excluding hydrogens is 302 g/mol. The number of thiazole rings is 1. The minimum absolute atomic E-state index is 0.241. The maximum Gasteiger partial charge on any atom is 0.313 e. The summed E-state index contributed by atoms with van der Waals surface area (Å²) in [5, 5.41) is 7.79. The van der Waals surface area contributed by atoms with Crippen LogP contribution in [0.5, 0.6) is 0 Å². The summed E-state index contributed by atoms with van der Waals surface area (Å²) in [6, 6.07) is 7.18. The predicted octanol–water partition coefficient (Wildman–Crippen LogP) is 1.85. The smallest absolute Gasteiger partial charge is 0.313 e. The van der Waals surface area contributed by atoms with E-state index in [1.807, 2.05) is 24.4 Å². The topological polar surface area (TPSA) is 80.3 Å². The molecule has 22 heavy (non-hydrogen) atoms. The van der Waals surface area contributed by atoms with E-state index in [1.54, 1.807) is 19.2 Å². The van der Waals surface area contributed by atoms with Crippen LogP contribution in [0.2, 0.25) is 0 Å². The third-order valence-corrected chi connectivity index (χ3v) is 3.81. The third-order valence-electron chi connectivity index (χ3n) is 2.84. The largest absolute Gasteiger partial charge is 0.380 e. The minimum atomic E-state index is -0.711. The van der Waals surface area contributed by atoms with Gasteiger partial charge in [-0.15, -0.1) is 11.3 Å². The Morgan fingerprint density at radius 1 is 1.27 bits per heavy atom. The SMILES string of the molecule is COCc1ccccc1NC(=O)C(=O)NCc1nc(C)cs1. The van der Waals surface area contributed by atoms with E-state index in [0.717, 1.165) is 16.3 Å². The number of nitrogens with zero attached hydrogens (tertiary/aromatic N) is 1. The van der Waals surface area contributed by atoms with Crippen molar-refractivity contribution in [2.24, 2.45) is 0 Å². The zero-order valence-corrected chi connectivity index (χ0v) is 13.2. The fourth-order valence-corrected chi connectivity index (χ4v) is 2.53. The molecule has 1 heterocycles. The van der Waals surface area contributed by atoms with Crippen LogP contribution < -0.4 is 10.6 Å². The Morgan fingerprint density at radius 2 is 2.05 bits per heavy atom. The van der Waals surface area contributed by atoms with Crippen molar-refractivity contribution in [1.29, 1.82) is 0 Å². The molecule has 0 aliphatic carbocycles. The lowest BCUT2D eigenvalue weighted by molar-refractivity contribution is -0.136. The van der Waals surface area contributed by atoms with Crippen molar-refractivity contribution in [3.05, 3.63) is 45.9 Å². The molecule has 0 bridgehead atoms. The lowest BCUT2D eigenvalue weighted by Crippen LogP contribution is -2.35. The number of carbonyl (C=O) groups excluding carboxylic acids is 2. The standard InChI is InChI=1S/C15H17N3O3S/c1-10-9-22-13(17-10)7-16-14(19)15(20)18-12-6-4-3-5-11(12)8-21-2/h3-6,9H,7-8H2,1-2H3,(H,16,19)(H,18,20). The first kappa shape index (κ1) is 16.1. The number of amides is 2. The van der Waals surface area contributed by atoms with Crippen LogP contribution in [-0.4, -0.2) is 23.9 Å². The number of nitrogens with one attached hydrogen (secondary N) is 2.